The summed E-state index contributed by atoms with van der Waals surface area (Å²) in [6, 6.07) is 4.29. The summed E-state index contributed by atoms with van der Waals surface area (Å²) in [5, 5.41) is 19.8. The second kappa shape index (κ2) is 4.06. The Morgan fingerprint density at radius 1 is 1.57 bits per heavy atom. The first-order valence-electron chi connectivity index (χ1n) is 4.06. The summed E-state index contributed by atoms with van der Waals surface area (Å²) in [5.74, 6) is 0.161. The monoisotopic (exact) mass is 197 g/mol. The lowest BCUT2D eigenvalue weighted by Crippen LogP contribution is -1.97. The van der Waals surface area contributed by atoms with E-state index in [4.69, 9.17) is 4.74 Å². The normalized spacial score (nSPS) is 12.2. The summed E-state index contributed by atoms with van der Waals surface area (Å²) >= 11 is 0. The molecule has 1 rings (SSSR count). The highest BCUT2D eigenvalue weighted by Crippen LogP contribution is 2.29. The molecule has 1 aromatic carbocycles. The van der Waals surface area contributed by atoms with E-state index in [-0.39, 0.29) is 11.4 Å². The highest BCUT2D eigenvalue weighted by atomic mass is 16.6. The topological polar surface area (TPSA) is 72.6 Å². The minimum Gasteiger partial charge on any atom is -0.490 e. The quantitative estimate of drug-likeness (QED) is 0.590. The Morgan fingerprint density at radius 3 is 2.64 bits per heavy atom. The second-order valence-electron chi connectivity index (χ2n) is 2.86. The van der Waals surface area contributed by atoms with Gasteiger partial charge in [0.15, 0.2) is 5.75 Å². The third-order valence-corrected chi connectivity index (χ3v) is 1.88. The molecular weight excluding hydrogens is 186 g/mol. The highest BCUT2D eigenvalue weighted by molar-refractivity contribution is 5.48. The molecule has 1 atom stereocenters. The van der Waals surface area contributed by atoms with Crippen LogP contribution in [-0.4, -0.2) is 17.1 Å². The predicted molar refractivity (Wildman–Crippen MR) is 50.3 cm³/mol. The van der Waals surface area contributed by atoms with Gasteiger partial charge in [0, 0.05) is 6.07 Å². The molecule has 0 aromatic heterocycles. The first-order chi connectivity index (χ1) is 6.56. The lowest BCUT2D eigenvalue weighted by Gasteiger charge is -2.06. The van der Waals surface area contributed by atoms with E-state index in [0.717, 1.165) is 0 Å². The van der Waals surface area contributed by atoms with E-state index in [0.29, 0.717) is 5.56 Å². The molecule has 0 radical (unpaired) electrons. The predicted octanol–water partition coefficient (Wildman–Crippen LogP) is 1.66. The zero-order chi connectivity index (χ0) is 10.7. The van der Waals surface area contributed by atoms with Crippen LogP contribution in [-0.2, 0) is 0 Å². The minimum absolute atomic E-state index is 0.100. The van der Waals surface area contributed by atoms with Crippen molar-refractivity contribution >= 4 is 5.69 Å². The Kier molecular flexibility index (Phi) is 3.03. The van der Waals surface area contributed by atoms with Gasteiger partial charge in [-0.05, 0) is 24.6 Å². The molecule has 14 heavy (non-hydrogen) atoms. The minimum atomic E-state index is -0.662. The van der Waals surface area contributed by atoms with E-state index in [9.17, 15) is 15.2 Å². The third kappa shape index (κ3) is 2.00. The number of ether oxygens (including phenoxy) is 1. The average Bonchev–Trinajstić information content (AvgIpc) is 2.16. The van der Waals surface area contributed by atoms with Gasteiger partial charge in [-0.1, -0.05) is 0 Å². The van der Waals surface area contributed by atoms with Gasteiger partial charge in [-0.15, -0.1) is 0 Å². The molecule has 0 spiro atoms. The summed E-state index contributed by atoms with van der Waals surface area (Å²) < 4.78 is 4.84. The smallest absolute Gasteiger partial charge is 0.310 e. The fourth-order valence-electron chi connectivity index (χ4n) is 1.10. The van der Waals surface area contributed by atoms with Gasteiger partial charge < -0.3 is 9.84 Å². The molecule has 5 nitrogen and oxygen atoms in total. The van der Waals surface area contributed by atoms with Crippen LogP contribution in [0, 0.1) is 10.1 Å². The van der Waals surface area contributed by atoms with Crippen molar-refractivity contribution in [2.45, 2.75) is 13.0 Å². The molecule has 0 aliphatic heterocycles. The number of nitrogens with zero attached hydrogens (tertiary/aromatic N) is 1. The average molecular weight is 197 g/mol. The van der Waals surface area contributed by atoms with Crippen LogP contribution >= 0.6 is 0 Å². The molecule has 0 saturated heterocycles. The molecule has 0 aliphatic carbocycles. The molecular formula is C9H11NO4. The van der Waals surface area contributed by atoms with Gasteiger partial charge in [-0.2, -0.15) is 0 Å². The number of nitro groups is 1. The first kappa shape index (κ1) is 10.5. The van der Waals surface area contributed by atoms with Gasteiger partial charge in [-0.3, -0.25) is 10.1 Å². The molecule has 0 heterocycles. The van der Waals surface area contributed by atoms with Gasteiger partial charge >= 0.3 is 5.69 Å². The lowest BCUT2D eigenvalue weighted by molar-refractivity contribution is -0.385. The molecule has 76 valence electrons. The van der Waals surface area contributed by atoms with Crippen LogP contribution < -0.4 is 4.74 Å². The van der Waals surface area contributed by atoms with Gasteiger partial charge in [0.2, 0.25) is 0 Å². The van der Waals surface area contributed by atoms with Crippen molar-refractivity contribution < 1.29 is 14.8 Å². The van der Waals surface area contributed by atoms with Crippen molar-refractivity contribution in [1.82, 2.24) is 0 Å². The first-order valence-corrected chi connectivity index (χ1v) is 4.06. The van der Waals surface area contributed by atoms with Crippen molar-refractivity contribution in [3.63, 3.8) is 0 Å². The molecule has 5 heteroatoms. The van der Waals surface area contributed by atoms with Crippen molar-refractivity contribution in [3.05, 3.63) is 33.9 Å². The van der Waals surface area contributed by atoms with Crippen LogP contribution in [0.1, 0.15) is 18.6 Å². The van der Waals surface area contributed by atoms with E-state index >= 15 is 0 Å². The van der Waals surface area contributed by atoms with Crippen LogP contribution in [0.15, 0.2) is 18.2 Å². The van der Waals surface area contributed by atoms with Crippen LogP contribution in [0.25, 0.3) is 0 Å². The van der Waals surface area contributed by atoms with Crippen molar-refractivity contribution in [1.29, 1.82) is 0 Å². The second-order valence-corrected chi connectivity index (χ2v) is 2.86. The number of aliphatic hydroxyl groups is 1. The zero-order valence-corrected chi connectivity index (χ0v) is 7.93. The van der Waals surface area contributed by atoms with Crippen LogP contribution in [0.4, 0.5) is 5.69 Å². The molecule has 0 saturated carbocycles. The summed E-state index contributed by atoms with van der Waals surface area (Å²) in [4.78, 5) is 10.0. The van der Waals surface area contributed by atoms with Crippen molar-refractivity contribution in [2.75, 3.05) is 7.11 Å². The molecule has 0 bridgehead atoms. The zero-order valence-electron chi connectivity index (χ0n) is 7.93. The van der Waals surface area contributed by atoms with Crippen LogP contribution in [0.5, 0.6) is 5.75 Å². The van der Waals surface area contributed by atoms with Crippen molar-refractivity contribution in [3.8, 4) is 5.75 Å². The summed E-state index contributed by atoms with van der Waals surface area (Å²) in [7, 11) is 1.36. The Labute approximate surface area is 81.1 Å². The number of nitro benzene ring substituents is 1. The van der Waals surface area contributed by atoms with E-state index < -0.39 is 11.0 Å². The maximum atomic E-state index is 10.5. The maximum Gasteiger partial charge on any atom is 0.310 e. The molecule has 0 aliphatic rings. The van der Waals surface area contributed by atoms with Gasteiger partial charge in [0.05, 0.1) is 18.1 Å². The largest absolute Gasteiger partial charge is 0.490 e. The molecule has 0 amide bonds. The van der Waals surface area contributed by atoms with E-state index in [1.807, 2.05) is 0 Å². The number of methoxy groups -OCH3 is 1. The fraction of sp³-hybridized carbons (Fsp3) is 0.333. The lowest BCUT2D eigenvalue weighted by atomic mass is 10.1. The Morgan fingerprint density at radius 2 is 2.21 bits per heavy atom. The standard InChI is InChI=1S/C9H11NO4/c1-6(11)7-3-4-8(10(12)13)9(5-7)14-2/h3-6,11H,1-2H3/t6-/m0/s1. The Balaban J connectivity index is 3.18. The maximum absolute atomic E-state index is 10.5. The number of rotatable bonds is 3. The van der Waals surface area contributed by atoms with Gasteiger partial charge in [0.25, 0.3) is 0 Å². The number of aliphatic hydroxyl groups excluding tert-OH is 1. The summed E-state index contributed by atoms with van der Waals surface area (Å²) in [5.41, 5.74) is 0.490. The van der Waals surface area contributed by atoms with E-state index in [1.54, 1.807) is 6.92 Å². The van der Waals surface area contributed by atoms with Gasteiger partial charge in [0.1, 0.15) is 0 Å². The van der Waals surface area contributed by atoms with Crippen molar-refractivity contribution in [2.24, 2.45) is 0 Å². The summed E-state index contributed by atoms with van der Waals surface area (Å²) in [6.45, 7) is 1.58. The highest BCUT2D eigenvalue weighted by Gasteiger charge is 2.15. The van der Waals surface area contributed by atoms with E-state index in [2.05, 4.69) is 0 Å². The van der Waals surface area contributed by atoms with Crippen LogP contribution in [0.3, 0.4) is 0 Å². The van der Waals surface area contributed by atoms with Crippen LogP contribution in [0.2, 0.25) is 0 Å². The summed E-state index contributed by atoms with van der Waals surface area (Å²) in [6.07, 6.45) is -0.662. The van der Waals surface area contributed by atoms with Gasteiger partial charge in [-0.25, -0.2) is 0 Å². The Bertz CT molecular complexity index is 349. The SMILES string of the molecule is COc1cc([C@H](C)O)ccc1[N+](=O)[O-]. The Hall–Kier alpha value is -1.62. The molecule has 1 aromatic rings. The number of hydrogen-bond acceptors (Lipinski definition) is 4. The third-order valence-electron chi connectivity index (χ3n) is 1.88. The number of benzene rings is 1. The van der Waals surface area contributed by atoms with E-state index in [1.165, 1.54) is 25.3 Å². The molecule has 0 unspecified atom stereocenters. The number of hydrogen-bond donors (Lipinski definition) is 1. The fourth-order valence-corrected chi connectivity index (χ4v) is 1.10. The molecule has 0 fully saturated rings. The molecule has 1 N–H and O–H groups in total.